The molecule has 0 aliphatic heterocycles. The maximum Gasteiger partial charge on any atom is 0.234 e. The van der Waals surface area contributed by atoms with Gasteiger partial charge in [-0.25, -0.2) is 0 Å². The molecule has 12 heavy (non-hydrogen) atoms. The van der Waals surface area contributed by atoms with Crippen LogP contribution in [0.15, 0.2) is 0 Å². The van der Waals surface area contributed by atoms with Crippen molar-refractivity contribution in [3.63, 3.8) is 0 Å². The summed E-state index contributed by atoms with van der Waals surface area (Å²) in [5.74, 6) is -0.345. The second kappa shape index (κ2) is 4.42. The summed E-state index contributed by atoms with van der Waals surface area (Å²) in [7, 11) is 1.58. The average Bonchev–Trinajstić information content (AvgIpc) is 2.00. The lowest BCUT2D eigenvalue weighted by Crippen LogP contribution is -2.52. The van der Waals surface area contributed by atoms with Gasteiger partial charge in [-0.1, -0.05) is 6.92 Å². The fraction of sp³-hybridized carbons (Fsp3) is 0.875. The minimum atomic E-state index is -0.504. The van der Waals surface area contributed by atoms with Crippen LogP contribution in [-0.4, -0.2) is 24.8 Å². The zero-order chi connectivity index (χ0) is 9.78. The standard InChI is InChI=1S/C8H18N2O2/c1-5-6(7(9)11)10-8(2,3)12-4/h6,10H,5H2,1-4H3,(H2,9,11). The topological polar surface area (TPSA) is 64.3 Å². The molecule has 0 aliphatic carbocycles. The molecular formula is C8H18N2O2. The molecule has 3 N–H and O–H groups in total. The number of primary amides is 1. The van der Waals surface area contributed by atoms with Gasteiger partial charge in [0, 0.05) is 7.11 Å². The molecule has 0 aromatic heterocycles. The maximum absolute atomic E-state index is 10.8. The number of amides is 1. The quantitative estimate of drug-likeness (QED) is 0.586. The Morgan fingerprint density at radius 3 is 2.42 bits per heavy atom. The third-order valence-electron chi connectivity index (χ3n) is 1.78. The Bertz CT molecular complexity index is 157. The Labute approximate surface area is 73.5 Å². The lowest BCUT2D eigenvalue weighted by atomic mass is 10.1. The average molecular weight is 174 g/mol. The Balaban J connectivity index is 4.11. The van der Waals surface area contributed by atoms with Gasteiger partial charge in [0.2, 0.25) is 5.91 Å². The van der Waals surface area contributed by atoms with E-state index in [-0.39, 0.29) is 11.9 Å². The lowest BCUT2D eigenvalue weighted by Gasteiger charge is -2.28. The van der Waals surface area contributed by atoms with E-state index in [1.54, 1.807) is 7.11 Å². The molecule has 4 heteroatoms. The van der Waals surface area contributed by atoms with E-state index in [9.17, 15) is 4.79 Å². The van der Waals surface area contributed by atoms with E-state index in [1.165, 1.54) is 0 Å². The maximum atomic E-state index is 10.8. The highest BCUT2D eigenvalue weighted by molar-refractivity contribution is 5.79. The molecule has 0 aliphatic rings. The van der Waals surface area contributed by atoms with Crippen molar-refractivity contribution >= 4 is 5.91 Å². The summed E-state index contributed by atoms with van der Waals surface area (Å²) in [5.41, 5.74) is 4.65. The van der Waals surface area contributed by atoms with Crippen LogP contribution in [-0.2, 0) is 9.53 Å². The number of methoxy groups -OCH3 is 1. The summed E-state index contributed by atoms with van der Waals surface area (Å²) in [6.07, 6.45) is 0.669. The predicted octanol–water partition coefficient (Wildman–Crippen LogP) is 0.222. The van der Waals surface area contributed by atoms with Gasteiger partial charge in [0.1, 0.15) is 5.72 Å². The van der Waals surface area contributed by atoms with Gasteiger partial charge in [0.25, 0.3) is 0 Å². The summed E-state index contributed by atoms with van der Waals surface area (Å²) < 4.78 is 5.10. The summed E-state index contributed by atoms with van der Waals surface area (Å²) in [4.78, 5) is 10.8. The molecule has 0 saturated carbocycles. The highest BCUT2D eigenvalue weighted by Crippen LogP contribution is 2.05. The summed E-state index contributed by atoms with van der Waals surface area (Å²) in [5, 5.41) is 3.00. The molecule has 0 radical (unpaired) electrons. The third-order valence-corrected chi connectivity index (χ3v) is 1.78. The molecule has 0 rings (SSSR count). The molecule has 1 amide bonds. The smallest absolute Gasteiger partial charge is 0.234 e. The van der Waals surface area contributed by atoms with Crippen LogP contribution >= 0.6 is 0 Å². The molecule has 1 atom stereocenters. The zero-order valence-electron chi connectivity index (χ0n) is 8.18. The number of rotatable bonds is 5. The molecule has 0 spiro atoms. The zero-order valence-corrected chi connectivity index (χ0v) is 8.18. The molecule has 0 bridgehead atoms. The van der Waals surface area contributed by atoms with Crippen molar-refractivity contribution < 1.29 is 9.53 Å². The number of hydrogen-bond acceptors (Lipinski definition) is 3. The van der Waals surface area contributed by atoms with E-state index in [2.05, 4.69) is 5.32 Å². The number of carbonyl (C=O) groups excluding carboxylic acids is 1. The molecule has 0 aromatic rings. The van der Waals surface area contributed by atoms with Gasteiger partial charge >= 0.3 is 0 Å². The third kappa shape index (κ3) is 3.69. The first-order valence-electron chi connectivity index (χ1n) is 4.05. The van der Waals surface area contributed by atoms with Gasteiger partial charge in [0.15, 0.2) is 0 Å². The first kappa shape index (κ1) is 11.4. The second-order valence-electron chi connectivity index (χ2n) is 3.22. The van der Waals surface area contributed by atoms with Crippen molar-refractivity contribution in [1.29, 1.82) is 0 Å². The summed E-state index contributed by atoms with van der Waals surface area (Å²) in [6, 6.07) is -0.319. The van der Waals surface area contributed by atoms with Gasteiger partial charge in [-0.05, 0) is 20.3 Å². The van der Waals surface area contributed by atoms with E-state index in [4.69, 9.17) is 10.5 Å². The first-order valence-corrected chi connectivity index (χ1v) is 4.05. The predicted molar refractivity (Wildman–Crippen MR) is 47.5 cm³/mol. The molecule has 0 fully saturated rings. The number of ether oxygens (including phenoxy) is 1. The first-order chi connectivity index (χ1) is 5.43. The van der Waals surface area contributed by atoms with Gasteiger partial charge in [0.05, 0.1) is 6.04 Å². The van der Waals surface area contributed by atoms with Crippen LogP contribution in [0.2, 0.25) is 0 Å². The Morgan fingerprint density at radius 1 is 1.67 bits per heavy atom. The van der Waals surface area contributed by atoms with Crippen molar-refractivity contribution in [1.82, 2.24) is 5.32 Å². The minimum absolute atomic E-state index is 0.319. The van der Waals surface area contributed by atoms with Crippen LogP contribution in [0.5, 0.6) is 0 Å². The normalized spacial score (nSPS) is 14.3. The van der Waals surface area contributed by atoms with Gasteiger partial charge in [-0.2, -0.15) is 0 Å². The van der Waals surface area contributed by atoms with Crippen molar-refractivity contribution in [3.05, 3.63) is 0 Å². The number of nitrogens with one attached hydrogen (secondary N) is 1. The molecule has 0 saturated heterocycles. The summed E-state index contributed by atoms with van der Waals surface area (Å²) in [6.45, 7) is 5.59. The Hall–Kier alpha value is -0.610. The van der Waals surface area contributed by atoms with Crippen LogP contribution in [0, 0.1) is 0 Å². The lowest BCUT2D eigenvalue weighted by molar-refractivity contribution is -0.122. The molecule has 1 unspecified atom stereocenters. The van der Waals surface area contributed by atoms with Crippen molar-refractivity contribution in [3.8, 4) is 0 Å². The van der Waals surface area contributed by atoms with Gasteiger partial charge in [-0.15, -0.1) is 0 Å². The monoisotopic (exact) mass is 174 g/mol. The molecular weight excluding hydrogens is 156 g/mol. The minimum Gasteiger partial charge on any atom is -0.368 e. The van der Waals surface area contributed by atoms with E-state index in [1.807, 2.05) is 20.8 Å². The van der Waals surface area contributed by atoms with Crippen LogP contribution < -0.4 is 11.1 Å². The van der Waals surface area contributed by atoms with Gasteiger partial charge in [-0.3, -0.25) is 10.1 Å². The van der Waals surface area contributed by atoms with E-state index < -0.39 is 5.72 Å². The van der Waals surface area contributed by atoms with Crippen LogP contribution in [0.1, 0.15) is 27.2 Å². The van der Waals surface area contributed by atoms with Gasteiger partial charge < -0.3 is 10.5 Å². The molecule has 0 heterocycles. The largest absolute Gasteiger partial charge is 0.368 e. The number of nitrogens with two attached hydrogens (primary N) is 1. The Morgan fingerprint density at radius 2 is 2.17 bits per heavy atom. The van der Waals surface area contributed by atoms with E-state index >= 15 is 0 Å². The Kier molecular flexibility index (Phi) is 4.20. The van der Waals surface area contributed by atoms with Crippen LogP contribution in [0.4, 0.5) is 0 Å². The number of hydrogen-bond donors (Lipinski definition) is 2. The molecule has 72 valence electrons. The highest BCUT2D eigenvalue weighted by atomic mass is 16.5. The number of carbonyl (C=O) groups is 1. The highest BCUT2D eigenvalue weighted by Gasteiger charge is 2.23. The molecule has 4 nitrogen and oxygen atoms in total. The fourth-order valence-corrected chi connectivity index (χ4v) is 0.853. The van der Waals surface area contributed by atoms with E-state index in [0.29, 0.717) is 6.42 Å². The summed E-state index contributed by atoms with van der Waals surface area (Å²) >= 11 is 0. The SMILES string of the molecule is CCC(NC(C)(C)OC)C(N)=O. The molecule has 0 aromatic carbocycles. The van der Waals surface area contributed by atoms with Crippen molar-refractivity contribution in [2.24, 2.45) is 5.73 Å². The van der Waals surface area contributed by atoms with Crippen LogP contribution in [0.3, 0.4) is 0 Å². The van der Waals surface area contributed by atoms with E-state index in [0.717, 1.165) is 0 Å². The van der Waals surface area contributed by atoms with Crippen molar-refractivity contribution in [2.45, 2.75) is 39.0 Å². The fourth-order valence-electron chi connectivity index (χ4n) is 0.853. The van der Waals surface area contributed by atoms with Crippen LogP contribution in [0.25, 0.3) is 0 Å². The second-order valence-corrected chi connectivity index (χ2v) is 3.22. The van der Waals surface area contributed by atoms with Crippen molar-refractivity contribution in [2.75, 3.05) is 7.11 Å².